The molecule has 0 fully saturated rings. The molecule has 114 valence electrons. The van der Waals surface area contributed by atoms with Crippen molar-refractivity contribution in [1.29, 1.82) is 0 Å². The van der Waals surface area contributed by atoms with Gasteiger partial charge in [-0.15, -0.1) is 5.10 Å². The zero-order valence-corrected chi connectivity index (χ0v) is 12.5. The smallest absolute Gasteiger partial charge is 0.323 e. The molecule has 2 amide bonds. The molecule has 0 spiro atoms. The molecule has 2 heterocycles. The molecule has 0 radical (unpaired) electrons. The number of amides is 2. The van der Waals surface area contributed by atoms with Crippen molar-refractivity contribution in [2.75, 3.05) is 25.5 Å². The molecule has 6 nitrogen and oxygen atoms in total. The van der Waals surface area contributed by atoms with Crippen LogP contribution in [0, 0.1) is 0 Å². The van der Waals surface area contributed by atoms with Crippen LogP contribution < -0.4 is 10.1 Å². The van der Waals surface area contributed by atoms with Crippen molar-refractivity contribution in [3.8, 4) is 5.75 Å². The van der Waals surface area contributed by atoms with E-state index < -0.39 is 0 Å². The number of carbonyl (C=O) groups excluding carboxylic acids is 1. The van der Waals surface area contributed by atoms with Crippen molar-refractivity contribution in [2.24, 2.45) is 0 Å². The Bertz CT molecular complexity index is 660. The molecule has 1 aromatic carbocycles. The Morgan fingerprint density at radius 3 is 2.86 bits per heavy atom. The maximum absolute atomic E-state index is 12.3. The number of nitrogens with one attached hydrogen (secondary N) is 1. The maximum Gasteiger partial charge on any atom is 0.323 e. The molecule has 0 unspecified atom stereocenters. The lowest BCUT2D eigenvalue weighted by atomic mass is 10.0. The molecule has 6 heteroatoms. The second kappa shape index (κ2) is 6.43. The number of nitrogens with zero attached hydrogens (tertiary/aromatic N) is 3. The van der Waals surface area contributed by atoms with Crippen LogP contribution in [0.5, 0.6) is 5.75 Å². The van der Waals surface area contributed by atoms with Gasteiger partial charge in [0.05, 0.1) is 7.11 Å². The summed E-state index contributed by atoms with van der Waals surface area (Å²) in [5.41, 5.74) is 2.44. The van der Waals surface area contributed by atoms with Gasteiger partial charge in [0.1, 0.15) is 5.75 Å². The summed E-state index contributed by atoms with van der Waals surface area (Å²) in [6.07, 6.45) is 3.18. The number of aromatic nitrogens is 2. The van der Waals surface area contributed by atoms with Crippen molar-refractivity contribution in [3.63, 3.8) is 0 Å². The fourth-order valence-corrected chi connectivity index (χ4v) is 2.69. The summed E-state index contributed by atoms with van der Waals surface area (Å²) in [6.45, 7) is 1.33. The number of fused-ring (bicyclic) bond motifs is 1. The van der Waals surface area contributed by atoms with Crippen molar-refractivity contribution in [3.05, 3.63) is 47.7 Å². The molecule has 0 bridgehead atoms. The van der Waals surface area contributed by atoms with Crippen LogP contribution in [0.1, 0.15) is 11.1 Å². The van der Waals surface area contributed by atoms with Gasteiger partial charge < -0.3 is 9.64 Å². The highest BCUT2D eigenvalue weighted by Crippen LogP contribution is 2.25. The average Bonchev–Trinajstić information content (AvgIpc) is 2.78. The second-order valence-electron chi connectivity index (χ2n) is 5.12. The number of ether oxygens (including phenoxy) is 1. The minimum absolute atomic E-state index is 0.146. The number of carbonyl (C=O) groups is 1. The monoisotopic (exact) mass is 298 g/mol. The van der Waals surface area contributed by atoms with E-state index in [1.807, 2.05) is 12.1 Å². The van der Waals surface area contributed by atoms with Gasteiger partial charge >= 0.3 is 6.03 Å². The molecule has 0 aliphatic carbocycles. The fraction of sp³-hybridized carbons (Fsp3) is 0.312. The van der Waals surface area contributed by atoms with Crippen LogP contribution >= 0.6 is 0 Å². The summed E-state index contributed by atoms with van der Waals surface area (Å²) in [7, 11) is 1.68. The Labute approximate surface area is 129 Å². The summed E-state index contributed by atoms with van der Waals surface area (Å²) in [5, 5.41) is 10.4. The third kappa shape index (κ3) is 3.00. The van der Waals surface area contributed by atoms with Gasteiger partial charge in [0.2, 0.25) is 0 Å². The third-order valence-electron chi connectivity index (χ3n) is 3.83. The van der Waals surface area contributed by atoms with Gasteiger partial charge in [-0.3, -0.25) is 5.32 Å². The fourth-order valence-electron chi connectivity index (χ4n) is 2.69. The van der Waals surface area contributed by atoms with Gasteiger partial charge in [-0.25, -0.2) is 4.79 Å². The first-order valence-corrected chi connectivity index (χ1v) is 7.26. The van der Waals surface area contributed by atoms with E-state index in [4.69, 9.17) is 4.74 Å². The van der Waals surface area contributed by atoms with Crippen LogP contribution in [-0.4, -0.2) is 41.3 Å². The largest absolute Gasteiger partial charge is 0.496 e. The number of anilines is 1. The number of methoxy groups -OCH3 is 1. The van der Waals surface area contributed by atoms with Gasteiger partial charge in [0, 0.05) is 19.3 Å². The zero-order chi connectivity index (χ0) is 15.4. The van der Waals surface area contributed by atoms with Crippen LogP contribution in [0.2, 0.25) is 0 Å². The quantitative estimate of drug-likeness (QED) is 0.922. The molecule has 0 saturated carbocycles. The Morgan fingerprint density at radius 2 is 2.09 bits per heavy atom. The van der Waals surface area contributed by atoms with E-state index in [2.05, 4.69) is 21.6 Å². The molecule has 1 aromatic heterocycles. The Kier molecular flexibility index (Phi) is 4.18. The van der Waals surface area contributed by atoms with Crippen LogP contribution in [0.3, 0.4) is 0 Å². The maximum atomic E-state index is 12.3. The Hall–Kier alpha value is -2.63. The summed E-state index contributed by atoms with van der Waals surface area (Å²) in [4.78, 5) is 14.1. The van der Waals surface area contributed by atoms with Gasteiger partial charge in [0.15, 0.2) is 5.82 Å². The van der Waals surface area contributed by atoms with Gasteiger partial charge in [-0.1, -0.05) is 12.1 Å². The minimum atomic E-state index is -0.146. The lowest BCUT2D eigenvalue weighted by Crippen LogP contribution is -2.37. The van der Waals surface area contributed by atoms with Crippen molar-refractivity contribution in [1.82, 2.24) is 15.1 Å². The molecule has 22 heavy (non-hydrogen) atoms. The molecule has 0 atom stereocenters. The van der Waals surface area contributed by atoms with E-state index in [0.29, 0.717) is 18.9 Å². The highest BCUT2D eigenvalue weighted by molar-refractivity contribution is 5.88. The van der Waals surface area contributed by atoms with E-state index in [9.17, 15) is 4.79 Å². The molecule has 0 saturated heterocycles. The van der Waals surface area contributed by atoms with E-state index in [1.54, 1.807) is 30.3 Å². The SMILES string of the molecule is COc1cccc2c1CCN(C(=O)Nc1cccnn1)CC2. The van der Waals surface area contributed by atoms with Gasteiger partial charge in [-0.05, 0) is 42.2 Å². The second-order valence-corrected chi connectivity index (χ2v) is 5.12. The first kappa shape index (κ1) is 14.3. The van der Waals surface area contributed by atoms with Crippen LogP contribution in [0.25, 0.3) is 0 Å². The number of urea groups is 1. The van der Waals surface area contributed by atoms with Gasteiger partial charge in [0.25, 0.3) is 0 Å². The Morgan fingerprint density at radius 1 is 1.23 bits per heavy atom. The predicted octanol–water partition coefficient (Wildman–Crippen LogP) is 2.12. The van der Waals surface area contributed by atoms with Crippen molar-refractivity contribution >= 4 is 11.8 Å². The normalized spacial score (nSPS) is 14.0. The molecule has 1 aliphatic heterocycles. The topological polar surface area (TPSA) is 67.3 Å². The van der Waals surface area contributed by atoms with Crippen LogP contribution in [0.15, 0.2) is 36.5 Å². The first-order chi connectivity index (χ1) is 10.8. The molecule has 3 rings (SSSR count). The predicted molar refractivity (Wildman–Crippen MR) is 83.0 cm³/mol. The molecule has 1 aliphatic rings. The highest BCUT2D eigenvalue weighted by Gasteiger charge is 2.20. The van der Waals surface area contributed by atoms with E-state index >= 15 is 0 Å². The minimum Gasteiger partial charge on any atom is -0.496 e. The highest BCUT2D eigenvalue weighted by atomic mass is 16.5. The molecular formula is C16H18N4O2. The summed E-state index contributed by atoms with van der Waals surface area (Å²) in [6, 6.07) is 9.38. The third-order valence-corrected chi connectivity index (χ3v) is 3.83. The number of hydrogen-bond donors (Lipinski definition) is 1. The average molecular weight is 298 g/mol. The number of hydrogen-bond acceptors (Lipinski definition) is 4. The van der Waals surface area contributed by atoms with Crippen molar-refractivity contribution < 1.29 is 9.53 Å². The Balaban J connectivity index is 1.70. The number of rotatable bonds is 2. The number of benzene rings is 1. The standard InChI is InChI=1S/C16H18N4O2/c1-22-14-5-2-4-12-7-10-20(11-8-13(12)14)16(21)18-15-6-3-9-17-19-15/h2-6,9H,7-8,10-11H2,1H3,(H,18,19,21). The molecular weight excluding hydrogens is 280 g/mol. The van der Waals surface area contributed by atoms with Crippen LogP contribution in [-0.2, 0) is 12.8 Å². The van der Waals surface area contributed by atoms with E-state index in [0.717, 1.165) is 18.6 Å². The van der Waals surface area contributed by atoms with Crippen molar-refractivity contribution in [2.45, 2.75) is 12.8 Å². The van der Waals surface area contributed by atoms with E-state index in [-0.39, 0.29) is 6.03 Å². The van der Waals surface area contributed by atoms with Gasteiger partial charge in [-0.2, -0.15) is 5.10 Å². The lowest BCUT2D eigenvalue weighted by molar-refractivity contribution is 0.214. The molecule has 2 aromatic rings. The van der Waals surface area contributed by atoms with E-state index in [1.165, 1.54) is 11.1 Å². The first-order valence-electron chi connectivity index (χ1n) is 7.26. The summed E-state index contributed by atoms with van der Waals surface area (Å²) >= 11 is 0. The lowest BCUT2D eigenvalue weighted by Gasteiger charge is -2.20. The zero-order valence-electron chi connectivity index (χ0n) is 12.5. The van der Waals surface area contributed by atoms with Crippen LogP contribution in [0.4, 0.5) is 10.6 Å². The summed E-state index contributed by atoms with van der Waals surface area (Å²) < 4.78 is 5.42. The molecule has 1 N–H and O–H groups in total. The summed E-state index contributed by atoms with van der Waals surface area (Å²) in [5.74, 6) is 1.36.